The minimum Gasteiger partial charge on any atom is -0.457 e. The number of halogens is 3. The van der Waals surface area contributed by atoms with Gasteiger partial charge in [0.2, 0.25) is 5.91 Å². The maximum Gasteiger partial charge on any atom is 0.416 e. The van der Waals surface area contributed by atoms with Crippen LogP contribution >= 0.6 is 0 Å². The molecule has 1 N–H and O–H groups in total. The number of carbonyl (C=O) groups is 1. The largest absolute Gasteiger partial charge is 0.457 e. The number of carbonyl (C=O) groups excluding carboxylic acids is 1. The van der Waals surface area contributed by atoms with Crippen molar-refractivity contribution in [3.05, 3.63) is 77.1 Å². The van der Waals surface area contributed by atoms with Crippen LogP contribution in [0.3, 0.4) is 0 Å². The van der Waals surface area contributed by atoms with E-state index in [4.69, 9.17) is 4.74 Å². The molecule has 0 unspecified atom stereocenters. The molecule has 0 radical (unpaired) electrons. The van der Waals surface area contributed by atoms with Crippen molar-refractivity contribution in [3.63, 3.8) is 0 Å². The molecule has 1 amide bonds. The molecule has 1 aromatic heterocycles. The standard InChI is InChI=1S/C21H18F3N3O2/c22-21(23,24)16-2-5-18(6-3-16)29-19-4-1-14-8-10-27(13-15(14)11-19)20(28)12-17-7-9-25-26-17/h1-7,9,11H,8,10,12-13H2,(H,25,26). The fourth-order valence-corrected chi connectivity index (χ4v) is 3.32. The molecule has 0 aliphatic carbocycles. The third-order valence-corrected chi connectivity index (χ3v) is 4.86. The van der Waals surface area contributed by atoms with Gasteiger partial charge in [0, 0.05) is 25.0 Å². The number of hydrogen-bond acceptors (Lipinski definition) is 3. The molecule has 0 saturated heterocycles. The van der Waals surface area contributed by atoms with E-state index in [-0.39, 0.29) is 12.3 Å². The Morgan fingerprint density at radius 2 is 1.83 bits per heavy atom. The number of rotatable bonds is 4. The summed E-state index contributed by atoms with van der Waals surface area (Å²) in [5.41, 5.74) is 2.15. The number of aromatic amines is 1. The minimum atomic E-state index is -4.38. The van der Waals surface area contributed by atoms with Crippen molar-refractivity contribution in [2.45, 2.75) is 25.6 Å². The van der Waals surface area contributed by atoms with Crippen molar-refractivity contribution >= 4 is 5.91 Å². The summed E-state index contributed by atoms with van der Waals surface area (Å²) in [7, 11) is 0. The topological polar surface area (TPSA) is 58.2 Å². The normalized spacial score (nSPS) is 13.8. The average Bonchev–Trinajstić information content (AvgIpc) is 3.20. The molecule has 5 nitrogen and oxygen atoms in total. The number of nitrogens with one attached hydrogen (secondary N) is 1. The lowest BCUT2D eigenvalue weighted by Gasteiger charge is -2.29. The Hall–Kier alpha value is -3.29. The highest BCUT2D eigenvalue weighted by Gasteiger charge is 2.30. The van der Waals surface area contributed by atoms with Gasteiger partial charge >= 0.3 is 6.18 Å². The summed E-state index contributed by atoms with van der Waals surface area (Å²) in [6, 6.07) is 11.9. The molecule has 1 aliphatic rings. The number of hydrogen-bond donors (Lipinski definition) is 1. The van der Waals surface area contributed by atoms with Crippen molar-refractivity contribution in [2.75, 3.05) is 6.54 Å². The van der Waals surface area contributed by atoms with Crippen molar-refractivity contribution < 1.29 is 22.7 Å². The SMILES string of the molecule is O=C(Cc1ccn[nH]1)N1CCc2ccc(Oc3ccc(C(F)(F)F)cc3)cc2C1. The predicted octanol–water partition coefficient (Wildman–Crippen LogP) is 4.35. The maximum absolute atomic E-state index is 12.7. The average molecular weight is 401 g/mol. The summed E-state index contributed by atoms with van der Waals surface area (Å²) >= 11 is 0. The predicted molar refractivity (Wildman–Crippen MR) is 99.4 cm³/mol. The van der Waals surface area contributed by atoms with Crippen LogP contribution in [0.2, 0.25) is 0 Å². The Kier molecular flexibility index (Phi) is 5.00. The van der Waals surface area contributed by atoms with Crippen LogP contribution in [0, 0.1) is 0 Å². The van der Waals surface area contributed by atoms with Gasteiger partial charge in [-0.1, -0.05) is 6.07 Å². The van der Waals surface area contributed by atoms with Gasteiger partial charge in [-0.25, -0.2) is 0 Å². The molecule has 8 heteroatoms. The second-order valence-electron chi connectivity index (χ2n) is 6.88. The highest BCUT2D eigenvalue weighted by atomic mass is 19.4. The van der Waals surface area contributed by atoms with E-state index in [0.29, 0.717) is 24.6 Å². The molecular weight excluding hydrogens is 383 g/mol. The Labute approximate surface area is 165 Å². The van der Waals surface area contributed by atoms with Crippen LogP contribution in [0.15, 0.2) is 54.7 Å². The third kappa shape index (κ3) is 4.42. The third-order valence-electron chi connectivity index (χ3n) is 4.86. The van der Waals surface area contributed by atoms with E-state index in [0.717, 1.165) is 35.4 Å². The molecule has 0 fully saturated rings. The molecule has 0 atom stereocenters. The van der Waals surface area contributed by atoms with Gasteiger partial charge in [0.05, 0.1) is 12.0 Å². The molecule has 0 spiro atoms. The number of amides is 1. The maximum atomic E-state index is 12.7. The second-order valence-corrected chi connectivity index (χ2v) is 6.88. The number of benzene rings is 2. The van der Waals surface area contributed by atoms with E-state index < -0.39 is 11.7 Å². The Morgan fingerprint density at radius 1 is 1.07 bits per heavy atom. The van der Waals surface area contributed by atoms with E-state index in [1.807, 2.05) is 12.1 Å². The molecule has 1 aliphatic heterocycles. The van der Waals surface area contributed by atoms with Gasteiger partial charge in [-0.15, -0.1) is 0 Å². The summed E-state index contributed by atoms with van der Waals surface area (Å²) in [6.07, 6.45) is -1.77. The fourth-order valence-electron chi connectivity index (χ4n) is 3.32. The van der Waals surface area contributed by atoms with Crippen molar-refractivity contribution in [2.24, 2.45) is 0 Å². The molecule has 2 heterocycles. The molecule has 3 aromatic rings. The van der Waals surface area contributed by atoms with Crippen LogP contribution in [-0.2, 0) is 30.4 Å². The highest BCUT2D eigenvalue weighted by molar-refractivity contribution is 5.78. The Morgan fingerprint density at radius 3 is 2.52 bits per heavy atom. The van der Waals surface area contributed by atoms with Gasteiger partial charge < -0.3 is 9.64 Å². The first kappa shape index (κ1) is 19.0. The van der Waals surface area contributed by atoms with E-state index in [1.54, 1.807) is 23.2 Å². The lowest BCUT2D eigenvalue weighted by Crippen LogP contribution is -2.37. The van der Waals surface area contributed by atoms with Crippen LogP contribution in [0.25, 0.3) is 0 Å². The summed E-state index contributed by atoms with van der Waals surface area (Å²) in [6.45, 7) is 1.10. The quantitative estimate of drug-likeness (QED) is 0.707. The zero-order chi connectivity index (χ0) is 20.4. The summed E-state index contributed by atoms with van der Waals surface area (Å²) in [4.78, 5) is 14.3. The molecule has 29 heavy (non-hydrogen) atoms. The van der Waals surface area contributed by atoms with E-state index in [9.17, 15) is 18.0 Å². The highest BCUT2D eigenvalue weighted by Crippen LogP contribution is 2.32. The number of fused-ring (bicyclic) bond motifs is 1. The summed E-state index contributed by atoms with van der Waals surface area (Å²) in [5, 5.41) is 6.64. The molecule has 0 saturated carbocycles. The molecule has 4 rings (SSSR count). The van der Waals surface area contributed by atoms with Crippen LogP contribution < -0.4 is 4.74 Å². The van der Waals surface area contributed by atoms with Gasteiger partial charge in [0.15, 0.2) is 0 Å². The van der Waals surface area contributed by atoms with Crippen LogP contribution in [-0.4, -0.2) is 27.5 Å². The van der Waals surface area contributed by atoms with Gasteiger partial charge in [-0.05, 0) is 60.0 Å². The van der Waals surface area contributed by atoms with Crippen molar-refractivity contribution in [1.82, 2.24) is 15.1 Å². The fraction of sp³-hybridized carbons (Fsp3) is 0.238. The van der Waals surface area contributed by atoms with Gasteiger partial charge in [-0.3, -0.25) is 9.89 Å². The number of ether oxygens (including phenoxy) is 1. The zero-order valence-electron chi connectivity index (χ0n) is 15.4. The summed E-state index contributed by atoms with van der Waals surface area (Å²) < 4.78 is 43.7. The first-order valence-electron chi connectivity index (χ1n) is 9.11. The molecule has 150 valence electrons. The van der Waals surface area contributed by atoms with Crippen molar-refractivity contribution in [1.29, 1.82) is 0 Å². The van der Waals surface area contributed by atoms with Gasteiger partial charge in [-0.2, -0.15) is 18.3 Å². The number of alkyl halides is 3. The first-order valence-corrected chi connectivity index (χ1v) is 9.11. The second kappa shape index (κ2) is 7.62. The smallest absolute Gasteiger partial charge is 0.416 e. The number of H-pyrrole nitrogens is 1. The van der Waals surface area contributed by atoms with E-state index >= 15 is 0 Å². The molecular formula is C21H18F3N3O2. The van der Waals surface area contributed by atoms with E-state index in [2.05, 4.69) is 10.2 Å². The van der Waals surface area contributed by atoms with Crippen LogP contribution in [0.5, 0.6) is 11.5 Å². The van der Waals surface area contributed by atoms with Gasteiger partial charge in [0.1, 0.15) is 11.5 Å². The molecule has 0 bridgehead atoms. The molecule has 2 aromatic carbocycles. The monoisotopic (exact) mass is 401 g/mol. The van der Waals surface area contributed by atoms with Crippen LogP contribution in [0.4, 0.5) is 13.2 Å². The van der Waals surface area contributed by atoms with E-state index in [1.165, 1.54) is 12.1 Å². The number of nitrogens with zero attached hydrogens (tertiary/aromatic N) is 2. The van der Waals surface area contributed by atoms with Gasteiger partial charge in [0.25, 0.3) is 0 Å². The Bertz CT molecular complexity index is 999. The lowest BCUT2D eigenvalue weighted by molar-refractivity contribution is -0.137. The lowest BCUT2D eigenvalue weighted by atomic mass is 9.99. The number of aromatic nitrogens is 2. The van der Waals surface area contributed by atoms with Crippen LogP contribution in [0.1, 0.15) is 22.4 Å². The van der Waals surface area contributed by atoms with Crippen molar-refractivity contribution in [3.8, 4) is 11.5 Å². The Balaban J connectivity index is 1.45. The minimum absolute atomic E-state index is 0.00830. The summed E-state index contributed by atoms with van der Waals surface area (Å²) in [5.74, 6) is 0.848. The zero-order valence-corrected chi connectivity index (χ0v) is 15.4. The first-order chi connectivity index (χ1) is 13.9.